The van der Waals surface area contributed by atoms with Gasteiger partial charge in [0.25, 0.3) is 0 Å². The molecule has 0 saturated heterocycles. The lowest BCUT2D eigenvalue weighted by Crippen LogP contribution is -2.33. The normalized spacial score (nSPS) is 25.4. The highest BCUT2D eigenvalue weighted by molar-refractivity contribution is 5.28. The molecule has 0 aliphatic heterocycles. The van der Waals surface area contributed by atoms with Crippen molar-refractivity contribution in [2.75, 3.05) is 6.61 Å². The third kappa shape index (κ3) is 3.08. The van der Waals surface area contributed by atoms with Gasteiger partial charge in [-0.25, -0.2) is 0 Å². The first kappa shape index (κ1) is 12.6. The molecule has 1 saturated carbocycles. The summed E-state index contributed by atoms with van der Waals surface area (Å²) < 4.78 is 5.58. The van der Waals surface area contributed by atoms with E-state index in [0.29, 0.717) is 6.10 Å². The number of rotatable bonds is 5. The van der Waals surface area contributed by atoms with Gasteiger partial charge in [0.05, 0.1) is 6.10 Å². The van der Waals surface area contributed by atoms with E-state index in [1.54, 1.807) is 0 Å². The smallest absolute Gasteiger partial charge is 0.0580 e. The van der Waals surface area contributed by atoms with Crippen LogP contribution in [0.25, 0.3) is 0 Å². The predicted molar refractivity (Wildman–Crippen MR) is 70.9 cm³/mol. The standard InChI is InChI=1S/C15H23NO/c1-3-17-13-8-12(9-13)10-15(16)14-7-5-4-6-11(14)2/h4-7,12-13,15H,3,8-10,16H2,1-2H3. The fraction of sp³-hybridized carbons (Fsp3) is 0.600. The van der Waals surface area contributed by atoms with E-state index in [0.717, 1.165) is 18.9 Å². The molecular formula is C15H23NO. The topological polar surface area (TPSA) is 35.2 Å². The maximum atomic E-state index is 6.28. The van der Waals surface area contributed by atoms with Gasteiger partial charge in [-0.15, -0.1) is 0 Å². The van der Waals surface area contributed by atoms with Gasteiger partial charge < -0.3 is 10.5 Å². The van der Waals surface area contributed by atoms with E-state index in [1.165, 1.54) is 24.0 Å². The molecule has 0 aromatic heterocycles. The number of aryl methyl sites for hydroxylation is 1. The van der Waals surface area contributed by atoms with Crippen molar-refractivity contribution in [2.24, 2.45) is 11.7 Å². The van der Waals surface area contributed by atoms with Crippen LogP contribution in [0.1, 0.15) is 43.4 Å². The van der Waals surface area contributed by atoms with Crippen LogP contribution < -0.4 is 5.73 Å². The Balaban J connectivity index is 1.83. The third-order valence-electron chi connectivity index (χ3n) is 3.77. The number of benzene rings is 1. The van der Waals surface area contributed by atoms with Gasteiger partial charge >= 0.3 is 0 Å². The van der Waals surface area contributed by atoms with Gasteiger partial charge in [-0.2, -0.15) is 0 Å². The summed E-state index contributed by atoms with van der Waals surface area (Å²) >= 11 is 0. The highest BCUT2D eigenvalue weighted by atomic mass is 16.5. The Labute approximate surface area is 104 Å². The Hall–Kier alpha value is -0.860. The van der Waals surface area contributed by atoms with Crippen LogP contribution in [0.15, 0.2) is 24.3 Å². The maximum Gasteiger partial charge on any atom is 0.0580 e. The first-order valence-corrected chi connectivity index (χ1v) is 6.63. The molecule has 94 valence electrons. The summed E-state index contributed by atoms with van der Waals surface area (Å²) in [6.07, 6.45) is 3.96. The van der Waals surface area contributed by atoms with Gasteiger partial charge in [-0.1, -0.05) is 24.3 Å². The summed E-state index contributed by atoms with van der Waals surface area (Å²) in [7, 11) is 0. The highest BCUT2D eigenvalue weighted by Crippen LogP contribution is 2.36. The average Bonchev–Trinajstić information content (AvgIpc) is 2.26. The second-order valence-electron chi connectivity index (χ2n) is 5.11. The Morgan fingerprint density at radius 2 is 2.06 bits per heavy atom. The van der Waals surface area contributed by atoms with Crippen LogP contribution in [0.2, 0.25) is 0 Å². The number of nitrogens with two attached hydrogens (primary N) is 1. The fourth-order valence-electron chi connectivity index (χ4n) is 2.73. The Morgan fingerprint density at radius 1 is 1.35 bits per heavy atom. The summed E-state index contributed by atoms with van der Waals surface area (Å²) in [5.41, 5.74) is 8.89. The van der Waals surface area contributed by atoms with E-state index in [1.807, 2.05) is 0 Å². The number of ether oxygens (including phenoxy) is 1. The zero-order valence-corrected chi connectivity index (χ0v) is 10.9. The zero-order chi connectivity index (χ0) is 12.3. The summed E-state index contributed by atoms with van der Waals surface area (Å²) in [5.74, 6) is 0.751. The van der Waals surface area contributed by atoms with Crippen molar-refractivity contribution in [1.29, 1.82) is 0 Å². The maximum absolute atomic E-state index is 6.28. The monoisotopic (exact) mass is 233 g/mol. The average molecular weight is 233 g/mol. The van der Waals surface area contributed by atoms with E-state index < -0.39 is 0 Å². The summed E-state index contributed by atoms with van der Waals surface area (Å²) in [5, 5.41) is 0. The second kappa shape index (κ2) is 5.65. The Morgan fingerprint density at radius 3 is 2.71 bits per heavy atom. The molecule has 0 bridgehead atoms. The molecule has 1 aliphatic rings. The van der Waals surface area contributed by atoms with Crippen LogP contribution in [0, 0.1) is 12.8 Å². The molecule has 1 fully saturated rings. The molecule has 2 rings (SSSR count). The van der Waals surface area contributed by atoms with Crippen molar-refractivity contribution in [2.45, 2.75) is 45.3 Å². The van der Waals surface area contributed by atoms with Crippen molar-refractivity contribution in [3.63, 3.8) is 0 Å². The molecular weight excluding hydrogens is 210 g/mol. The molecule has 2 nitrogen and oxygen atoms in total. The molecule has 1 atom stereocenters. The molecule has 0 radical (unpaired) electrons. The minimum atomic E-state index is 0.184. The summed E-state index contributed by atoms with van der Waals surface area (Å²) in [6.45, 7) is 5.03. The van der Waals surface area contributed by atoms with Gasteiger partial charge in [-0.3, -0.25) is 0 Å². The number of hydrogen-bond acceptors (Lipinski definition) is 2. The summed E-state index contributed by atoms with van der Waals surface area (Å²) in [4.78, 5) is 0. The number of hydrogen-bond donors (Lipinski definition) is 1. The molecule has 1 unspecified atom stereocenters. The molecule has 1 aromatic rings. The first-order valence-electron chi connectivity index (χ1n) is 6.63. The zero-order valence-electron chi connectivity index (χ0n) is 10.9. The van der Waals surface area contributed by atoms with Crippen LogP contribution in [-0.2, 0) is 4.74 Å². The molecule has 2 N–H and O–H groups in total. The molecule has 0 heterocycles. The molecule has 1 aliphatic carbocycles. The van der Waals surface area contributed by atoms with E-state index >= 15 is 0 Å². The van der Waals surface area contributed by atoms with Crippen LogP contribution in [0.5, 0.6) is 0 Å². The van der Waals surface area contributed by atoms with Gasteiger partial charge in [-0.05, 0) is 50.2 Å². The molecule has 2 heteroatoms. The van der Waals surface area contributed by atoms with E-state index in [2.05, 4.69) is 38.1 Å². The lowest BCUT2D eigenvalue weighted by Gasteiger charge is -2.36. The van der Waals surface area contributed by atoms with E-state index in [9.17, 15) is 0 Å². The van der Waals surface area contributed by atoms with Gasteiger partial charge in [0.2, 0.25) is 0 Å². The Bertz CT molecular complexity index is 358. The lowest BCUT2D eigenvalue weighted by molar-refractivity contribution is -0.0282. The van der Waals surface area contributed by atoms with Crippen molar-refractivity contribution < 1.29 is 4.74 Å². The van der Waals surface area contributed by atoms with Crippen molar-refractivity contribution in [1.82, 2.24) is 0 Å². The molecule has 1 aromatic carbocycles. The third-order valence-corrected chi connectivity index (χ3v) is 3.77. The van der Waals surface area contributed by atoms with Crippen molar-refractivity contribution in [3.8, 4) is 0 Å². The highest BCUT2D eigenvalue weighted by Gasteiger charge is 2.30. The first-order chi connectivity index (χ1) is 8.20. The molecule has 0 spiro atoms. The van der Waals surface area contributed by atoms with Crippen LogP contribution in [0.4, 0.5) is 0 Å². The minimum absolute atomic E-state index is 0.184. The van der Waals surface area contributed by atoms with Crippen LogP contribution in [0.3, 0.4) is 0 Å². The SMILES string of the molecule is CCOC1CC(CC(N)c2ccccc2C)C1. The lowest BCUT2D eigenvalue weighted by atomic mass is 9.77. The van der Waals surface area contributed by atoms with Crippen molar-refractivity contribution >= 4 is 0 Å². The molecule has 0 amide bonds. The minimum Gasteiger partial charge on any atom is -0.378 e. The second-order valence-corrected chi connectivity index (χ2v) is 5.11. The van der Waals surface area contributed by atoms with E-state index in [-0.39, 0.29) is 6.04 Å². The van der Waals surface area contributed by atoms with Crippen LogP contribution >= 0.6 is 0 Å². The molecule has 17 heavy (non-hydrogen) atoms. The van der Waals surface area contributed by atoms with Crippen LogP contribution in [-0.4, -0.2) is 12.7 Å². The van der Waals surface area contributed by atoms with Gasteiger partial charge in [0, 0.05) is 12.6 Å². The van der Waals surface area contributed by atoms with E-state index in [4.69, 9.17) is 10.5 Å². The predicted octanol–water partition coefficient (Wildman–Crippen LogP) is 3.20. The fourth-order valence-corrected chi connectivity index (χ4v) is 2.73. The van der Waals surface area contributed by atoms with Gasteiger partial charge in [0.1, 0.15) is 0 Å². The van der Waals surface area contributed by atoms with Crippen molar-refractivity contribution in [3.05, 3.63) is 35.4 Å². The summed E-state index contributed by atoms with van der Waals surface area (Å²) in [6, 6.07) is 8.62. The van der Waals surface area contributed by atoms with Gasteiger partial charge in [0.15, 0.2) is 0 Å². The Kier molecular flexibility index (Phi) is 4.19. The largest absolute Gasteiger partial charge is 0.378 e. The quantitative estimate of drug-likeness (QED) is 0.847.